The molecule has 0 amide bonds. The number of benzene rings is 1. The van der Waals surface area contributed by atoms with Gasteiger partial charge in [0, 0.05) is 28.6 Å². The molecular formula is C21H40N2O3S3+2. The lowest BCUT2D eigenvalue weighted by atomic mass is 10.2. The predicted octanol–water partition coefficient (Wildman–Crippen LogP) is 3.85. The molecule has 0 aliphatic rings. The summed E-state index contributed by atoms with van der Waals surface area (Å²) >= 11 is 4.10. The Labute approximate surface area is 187 Å². The molecule has 8 heteroatoms. The molecule has 5 nitrogen and oxygen atoms in total. The molecule has 0 aliphatic carbocycles. The number of rotatable bonds is 15. The van der Waals surface area contributed by atoms with Crippen LogP contribution in [-0.4, -0.2) is 91.8 Å². The maximum absolute atomic E-state index is 11.2. The van der Waals surface area contributed by atoms with E-state index in [9.17, 15) is 8.42 Å². The number of hydrogen-bond donors (Lipinski definition) is 1. The van der Waals surface area contributed by atoms with Crippen LogP contribution in [0.15, 0.2) is 29.2 Å². The van der Waals surface area contributed by atoms with E-state index in [1.807, 2.05) is 11.8 Å². The van der Waals surface area contributed by atoms with Crippen LogP contribution in [0.5, 0.6) is 0 Å². The van der Waals surface area contributed by atoms with Crippen molar-refractivity contribution < 1.29 is 21.9 Å². The van der Waals surface area contributed by atoms with Crippen LogP contribution in [0.1, 0.15) is 26.3 Å². The Hall–Kier alpha value is -0.250. The van der Waals surface area contributed by atoms with Gasteiger partial charge in [0.05, 0.1) is 51.7 Å². The average molecular weight is 465 g/mol. The minimum absolute atomic E-state index is 0.0444. The molecule has 0 fully saturated rings. The van der Waals surface area contributed by atoms with Crippen molar-refractivity contribution >= 4 is 33.6 Å². The molecule has 1 atom stereocenters. The van der Waals surface area contributed by atoms with Crippen LogP contribution in [0, 0.1) is 0 Å². The molecule has 0 saturated heterocycles. The Morgan fingerprint density at radius 1 is 0.793 bits per heavy atom. The van der Waals surface area contributed by atoms with Crippen LogP contribution in [0.3, 0.4) is 0 Å². The maximum atomic E-state index is 11.2. The lowest BCUT2D eigenvalue weighted by molar-refractivity contribution is -0.918. The molecule has 0 saturated carbocycles. The second-order valence-electron chi connectivity index (χ2n) is 8.14. The van der Waals surface area contributed by atoms with Crippen LogP contribution in [0.4, 0.5) is 0 Å². The van der Waals surface area contributed by atoms with Gasteiger partial charge in [-0.25, -0.2) is 0 Å². The zero-order valence-electron chi connectivity index (χ0n) is 18.8. The Kier molecular flexibility index (Phi) is 11.6. The van der Waals surface area contributed by atoms with Crippen molar-refractivity contribution in [2.24, 2.45) is 0 Å². The minimum Gasteiger partial charge on any atom is -0.326 e. The van der Waals surface area contributed by atoms with Gasteiger partial charge in [0.1, 0.15) is 6.54 Å². The predicted molar refractivity (Wildman–Crippen MR) is 128 cm³/mol. The summed E-state index contributed by atoms with van der Waals surface area (Å²) in [6.45, 7) is 13.4. The topological polar surface area (TPSA) is 54.4 Å². The van der Waals surface area contributed by atoms with E-state index in [2.05, 4.69) is 46.6 Å². The summed E-state index contributed by atoms with van der Waals surface area (Å²) < 4.78 is 33.6. The van der Waals surface area contributed by atoms with E-state index in [0.717, 1.165) is 39.9 Å². The first-order valence-corrected chi connectivity index (χ1v) is 14.2. The third-order valence-corrected chi connectivity index (χ3v) is 9.05. The van der Waals surface area contributed by atoms with Gasteiger partial charge in [0.2, 0.25) is 0 Å². The quantitative estimate of drug-likeness (QED) is 0.243. The Balaban J connectivity index is 2.32. The minimum atomic E-state index is -4.12. The first kappa shape index (κ1) is 26.8. The van der Waals surface area contributed by atoms with Crippen LogP contribution >= 0.6 is 23.5 Å². The molecule has 0 aromatic heterocycles. The van der Waals surface area contributed by atoms with Crippen LogP contribution < -0.4 is 0 Å². The third kappa shape index (κ3) is 10.1. The summed E-state index contributed by atoms with van der Waals surface area (Å²) in [5.74, 6) is 4.77. The Morgan fingerprint density at radius 2 is 1.24 bits per heavy atom. The summed E-state index contributed by atoms with van der Waals surface area (Å²) in [7, 11) is 0.473. The number of hydrogen-bond acceptors (Lipinski definition) is 4. The number of thioether (sulfide) groups is 2. The molecule has 1 N–H and O–H groups in total. The van der Waals surface area contributed by atoms with E-state index in [1.54, 1.807) is 12.1 Å². The molecule has 1 aromatic carbocycles. The molecule has 0 radical (unpaired) electrons. The average Bonchev–Trinajstić information content (AvgIpc) is 2.69. The van der Waals surface area contributed by atoms with Gasteiger partial charge in [-0.15, -0.1) is 0 Å². The number of quaternary nitrogens is 2. The van der Waals surface area contributed by atoms with Crippen molar-refractivity contribution in [3.05, 3.63) is 29.8 Å². The highest BCUT2D eigenvalue weighted by molar-refractivity contribution is 8.02. The van der Waals surface area contributed by atoms with Gasteiger partial charge in [-0.2, -0.15) is 31.9 Å². The van der Waals surface area contributed by atoms with E-state index in [0.29, 0.717) is 0 Å². The summed E-state index contributed by atoms with van der Waals surface area (Å²) in [6, 6.07) is 6.57. The van der Waals surface area contributed by atoms with Gasteiger partial charge in [-0.1, -0.05) is 12.1 Å². The van der Waals surface area contributed by atoms with E-state index < -0.39 is 10.1 Å². The fraction of sp³-hybridized carbons (Fsp3) is 0.714. The molecule has 0 bridgehead atoms. The highest BCUT2D eigenvalue weighted by Crippen LogP contribution is 2.17. The summed E-state index contributed by atoms with van der Waals surface area (Å²) in [5.41, 5.74) is 1.09. The zero-order valence-corrected chi connectivity index (χ0v) is 21.2. The lowest BCUT2D eigenvalue weighted by Gasteiger charge is -2.33. The van der Waals surface area contributed by atoms with Gasteiger partial charge < -0.3 is 8.97 Å². The second-order valence-corrected chi connectivity index (χ2v) is 12.0. The molecular weight excluding hydrogens is 424 g/mol. The molecule has 0 spiro atoms. The van der Waals surface area contributed by atoms with Gasteiger partial charge in [-0.3, -0.25) is 4.55 Å². The fourth-order valence-corrected chi connectivity index (χ4v) is 5.96. The molecule has 0 heterocycles. The first-order valence-electron chi connectivity index (χ1n) is 10.5. The van der Waals surface area contributed by atoms with Crippen molar-refractivity contribution in [2.75, 3.05) is 69.8 Å². The summed E-state index contributed by atoms with van der Waals surface area (Å²) in [6.07, 6.45) is 0. The Bertz CT molecular complexity index is 692. The van der Waals surface area contributed by atoms with Crippen LogP contribution in [0.25, 0.3) is 0 Å². The van der Waals surface area contributed by atoms with Crippen LogP contribution in [-0.2, 0) is 16.7 Å². The van der Waals surface area contributed by atoms with Gasteiger partial charge in [0.15, 0.2) is 0 Å². The SMILES string of the molecule is CC[N+](C)(CC)CCSCCSCC[N+](C)(CC)Cc1ccc(S(=O)(=O)O)cc1. The molecule has 1 aromatic rings. The van der Waals surface area contributed by atoms with Gasteiger partial charge in [0.25, 0.3) is 10.1 Å². The Morgan fingerprint density at radius 3 is 1.66 bits per heavy atom. The van der Waals surface area contributed by atoms with Crippen molar-refractivity contribution in [1.82, 2.24) is 0 Å². The molecule has 168 valence electrons. The highest BCUT2D eigenvalue weighted by Gasteiger charge is 2.20. The molecule has 1 rings (SSSR count). The smallest absolute Gasteiger partial charge is 0.294 e. The molecule has 0 aliphatic heterocycles. The highest BCUT2D eigenvalue weighted by atomic mass is 32.2. The summed E-state index contributed by atoms with van der Waals surface area (Å²) in [5, 5.41) is 0. The second kappa shape index (κ2) is 12.6. The van der Waals surface area contributed by atoms with Crippen molar-refractivity contribution in [1.29, 1.82) is 0 Å². The van der Waals surface area contributed by atoms with Gasteiger partial charge in [-0.05, 0) is 32.9 Å². The fourth-order valence-electron chi connectivity index (χ4n) is 2.99. The molecule has 29 heavy (non-hydrogen) atoms. The van der Waals surface area contributed by atoms with E-state index >= 15 is 0 Å². The lowest BCUT2D eigenvalue weighted by Crippen LogP contribution is -2.45. The van der Waals surface area contributed by atoms with E-state index in [-0.39, 0.29) is 4.90 Å². The largest absolute Gasteiger partial charge is 0.326 e. The van der Waals surface area contributed by atoms with Crippen molar-refractivity contribution in [2.45, 2.75) is 32.2 Å². The first-order chi connectivity index (χ1) is 13.6. The van der Waals surface area contributed by atoms with Crippen molar-refractivity contribution in [3.63, 3.8) is 0 Å². The normalized spacial score (nSPS) is 14.7. The monoisotopic (exact) mass is 464 g/mol. The van der Waals surface area contributed by atoms with Gasteiger partial charge >= 0.3 is 0 Å². The molecule has 1 unspecified atom stereocenters. The van der Waals surface area contributed by atoms with Crippen molar-refractivity contribution in [3.8, 4) is 0 Å². The van der Waals surface area contributed by atoms with E-state index in [1.165, 1.54) is 49.0 Å². The third-order valence-electron chi connectivity index (χ3n) is 6.00. The van der Waals surface area contributed by atoms with Crippen LogP contribution in [0.2, 0.25) is 0 Å². The van der Waals surface area contributed by atoms with E-state index in [4.69, 9.17) is 4.55 Å². The number of nitrogens with zero attached hydrogens (tertiary/aromatic N) is 2. The maximum Gasteiger partial charge on any atom is 0.294 e. The standard InChI is InChI=1S/C21H39N2O3S3/c1-6-22(4,7-2)13-15-27-17-18-28-16-14-23(5,8-3)19-20-9-11-21(12-10-20)29(24,25)26/h9-12H,6-8,13-19H2,1-5H3/q+1/p+1. The summed E-state index contributed by atoms with van der Waals surface area (Å²) in [4.78, 5) is -0.0444. The zero-order chi connectivity index (χ0) is 22.0.